The third-order valence-corrected chi connectivity index (χ3v) is 6.97. The van der Waals surface area contributed by atoms with Gasteiger partial charge in [0.15, 0.2) is 0 Å². The topological polar surface area (TPSA) is 93.7 Å². The van der Waals surface area contributed by atoms with Gasteiger partial charge in [-0.1, -0.05) is 30.3 Å². The van der Waals surface area contributed by atoms with E-state index < -0.39 is 33.9 Å². The largest absolute Gasteiger partial charge is 0.573 e. The minimum absolute atomic E-state index is 0.0134. The molecule has 2 N–H and O–H groups in total. The smallest absolute Gasteiger partial charge is 0.457 e. The Hall–Kier alpha value is -4.42. The lowest BCUT2D eigenvalue weighted by Gasteiger charge is -2.15. The summed E-state index contributed by atoms with van der Waals surface area (Å²) in [5.74, 6) is -1.27. The molecule has 4 aromatic carbocycles. The second kappa shape index (κ2) is 11.8. The van der Waals surface area contributed by atoms with Gasteiger partial charge in [0, 0.05) is 23.4 Å². The van der Waals surface area contributed by atoms with Crippen LogP contribution in [0, 0.1) is 5.82 Å². The molecule has 0 saturated carbocycles. The molecule has 0 spiro atoms. The number of ether oxygens (including phenoxy) is 2. The van der Waals surface area contributed by atoms with Crippen molar-refractivity contribution in [1.29, 1.82) is 0 Å². The highest BCUT2D eigenvalue weighted by Crippen LogP contribution is 2.37. The Morgan fingerprint density at radius 3 is 2.25 bits per heavy atom. The number of sulfonamides is 1. The van der Waals surface area contributed by atoms with Gasteiger partial charge in [-0.3, -0.25) is 4.79 Å². The summed E-state index contributed by atoms with van der Waals surface area (Å²) in [4.78, 5) is 12.8. The zero-order chi connectivity index (χ0) is 28.9. The minimum atomic E-state index is -4.89. The van der Waals surface area contributed by atoms with E-state index >= 15 is 0 Å². The molecular weight excluding hydrogens is 552 g/mol. The van der Waals surface area contributed by atoms with Crippen molar-refractivity contribution in [2.45, 2.75) is 17.7 Å². The van der Waals surface area contributed by atoms with Crippen molar-refractivity contribution in [2.24, 2.45) is 0 Å². The number of hydrogen-bond acceptors (Lipinski definition) is 5. The Bertz CT molecular complexity index is 1620. The first kappa shape index (κ1) is 28.6. The van der Waals surface area contributed by atoms with Gasteiger partial charge in [0.2, 0.25) is 15.9 Å². The van der Waals surface area contributed by atoms with Gasteiger partial charge in [-0.2, -0.15) is 0 Å². The number of anilines is 1. The fourth-order valence-electron chi connectivity index (χ4n) is 3.74. The zero-order valence-electron chi connectivity index (χ0n) is 20.8. The van der Waals surface area contributed by atoms with Gasteiger partial charge in [-0.25, -0.2) is 17.5 Å². The maximum Gasteiger partial charge on any atom is 0.573 e. The summed E-state index contributed by atoms with van der Waals surface area (Å²) in [6.45, 7) is 0. The number of amides is 1. The van der Waals surface area contributed by atoms with Gasteiger partial charge in [-0.05, 0) is 66.7 Å². The second-order valence-corrected chi connectivity index (χ2v) is 10.3. The first-order valence-corrected chi connectivity index (χ1v) is 13.2. The lowest BCUT2D eigenvalue weighted by Crippen LogP contribution is -2.18. The highest BCUT2D eigenvalue weighted by molar-refractivity contribution is 7.89. The number of hydrogen-bond donors (Lipinski definition) is 2. The maximum atomic E-state index is 13.9. The van der Waals surface area contributed by atoms with E-state index in [4.69, 9.17) is 4.74 Å². The number of halogens is 4. The zero-order valence-corrected chi connectivity index (χ0v) is 21.6. The molecular formula is C28H22F4N2O5S. The molecule has 208 valence electrons. The summed E-state index contributed by atoms with van der Waals surface area (Å²) in [7, 11) is -2.32. The van der Waals surface area contributed by atoms with Crippen LogP contribution in [-0.2, 0) is 21.2 Å². The Morgan fingerprint density at radius 2 is 1.57 bits per heavy atom. The predicted molar refractivity (Wildman–Crippen MR) is 140 cm³/mol. The van der Waals surface area contributed by atoms with Crippen LogP contribution in [0.1, 0.15) is 5.56 Å². The van der Waals surface area contributed by atoms with Crippen LogP contribution in [0.4, 0.5) is 23.2 Å². The molecule has 0 aromatic heterocycles. The summed E-state index contributed by atoms with van der Waals surface area (Å²) in [6, 6.07) is 20.9. The normalized spacial score (nSPS) is 11.6. The van der Waals surface area contributed by atoms with Gasteiger partial charge in [0.05, 0.1) is 11.3 Å². The molecule has 0 bridgehead atoms. The Balaban J connectivity index is 1.58. The first-order chi connectivity index (χ1) is 18.9. The van der Waals surface area contributed by atoms with Gasteiger partial charge < -0.3 is 14.8 Å². The number of rotatable bonds is 9. The van der Waals surface area contributed by atoms with Gasteiger partial charge in [0.25, 0.3) is 0 Å². The van der Waals surface area contributed by atoms with E-state index in [0.717, 1.165) is 12.1 Å². The number of benzene rings is 4. The second-order valence-electron chi connectivity index (χ2n) is 8.42. The number of alkyl halides is 3. The van der Waals surface area contributed by atoms with Crippen LogP contribution in [0.5, 0.6) is 17.2 Å². The van der Waals surface area contributed by atoms with E-state index in [1.165, 1.54) is 67.7 Å². The van der Waals surface area contributed by atoms with E-state index in [9.17, 15) is 30.8 Å². The quantitative estimate of drug-likeness (QED) is 0.230. The molecule has 0 aliphatic carbocycles. The van der Waals surface area contributed by atoms with E-state index in [-0.39, 0.29) is 22.8 Å². The fraction of sp³-hybridized carbons (Fsp3) is 0.107. The summed E-state index contributed by atoms with van der Waals surface area (Å²) in [6.07, 6.45) is -4.96. The summed E-state index contributed by atoms with van der Waals surface area (Å²) >= 11 is 0. The van der Waals surface area contributed by atoms with Crippen LogP contribution < -0.4 is 19.5 Å². The molecule has 1 amide bonds. The van der Waals surface area contributed by atoms with Crippen LogP contribution in [-0.4, -0.2) is 27.7 Å². The summed E-state index contributed by atoms with van der Waals surface area (Å²) in [5.41, 5.74) is 1.72. The van der Waals surface area contributed by atoms with E-state index in [0.29, 0.717) is 22.4 Å². The summed E-state index contributed by atoms with van der Waals surface area (Å²) < 4.78 is 87.8. The van der Waals surface area contributed by atoms with E-state index in [1.807, 2.05) is 0 Å². The molecule has 7 nitrogen and oxygen atoms in total. The Morgan fingerprint density at radius 1 is 0.875 bits per heavy atom. The van der Waals surface area contributed by atoms with Crippen molar-refractivity contribution >= 4 is 21.6 Å². The van der Waals surface area contributed by atoms with Gasteiger partial charge in [-0.15, -0.1) is 13.2 Å². The lowest BCUT2D eigenvalue weighted by atomic mass is 10.0. The van der Waals surface area contributed by atoms with Crippen LogP contribution >= 0.6 is 0 Å². The molecule has 12 heteroatoms. The highest BCUT2D eigenvalue weighted by Gasteiger charge is 2.31. The minimum Gasteiger partial charge on any atom is -0.457 e. The average molecular weight is 575 g/mol. The van der Waals surface area contributed by atoms with Crippen molar-refractivity contribution in [3.63, 3.8) is 0 Å². The lowest BCUT2D eigenvalue weighted by molar-refractivity contribution is -0.274. The van der Waals surface area contributed by atoms with Crippen molar-refractivity contribution in [3.8, 4) is 28.4 Å². The molecule has 4 aromatic rings. The molecule has 0 heterocycles. The fourth-order valence-corrected chi connectivity index (χ4v) is 4.47. The maximum absolute atomic E-state index is 13.9. The molecule has 40 heavy (non-hydrogen) atoms. The molecule has 0 unspecified atom stereocenters. The predicted octanol–water partition coefficient (Wildman–Crippen LogP) is 6.27. The van der Waals surface area contributed by atoms with Gasteiger partial charge >= 0.3 is 6.36 Å². The SMILES string of the molecule is CNS(=O)(=O)c1ccc(CC(=O)Nc2ccc(-c3cccc(F)c3)c(Oc3cccc(OC(F)(F)F)c3)c2)cc1. The van der Waals surface area contributed by atoms with Crippen LogP contribution in [0.15, 0.2) is 95.9 Å². The molecule has 4 rings (SSSR count). The van der Waals surface area contributed by atoms with Crippen molar-refractivity contribution in [2.75, 3.05) is 12.4 Å². The molecule has 0 saturated heterocycles. The summed E-state index contributed by atoms with van der Waals surface area (Å²) in [5, 5.41) is 2.71. The number of nitrogens with one attached hydrogen (secondary N) is 2. The highest BCUT2D eigenvalue weighted by atomic mass is 32.2. The third kappa shape index (κ3) is 7.58. The monoisotopic (exact) mass is 574 g/mol. The molecule has 0 aliphatic rings. The standard InChI is InChI=1S/C28H22F4N2O5S/c1-33-40(36,37)24-11-8-18(9-12-24)14-27(35)34-21-10-13-25(19-4-2-5-20(29)15-19)26(16-21)38-22-6-3-7-23(17-22)39-28(30,31)32/h2-13,15-17,33H,14H2,1H3,(H,34,35). The van der Waals surface area contributed by atoms with Gasteiger partial charge in [0.1, 0.15) is 23.1 Å². The third-order valence-electron chi connectivity index (χ3n) is 5.53. The Labute approximate surface area is 227 Å². The molecule has 0 radical (unpaired) electrons. The van der Waals surface area contributed by atoms with Crippen molar-refractivity contribution in [3.05, 3.63) is 102 Å². The van der Waals surface area contributed by atoms with Crippen LogP contribution in [0.2, 0.25) is 0 Å². The average Bonchev–Trinajstić information content (AvgIpc) is 2.88. The Kier molecular flexibility index (Phi) is 8.40. The van der Waals surface area contributed by atoms with Crippen LogP contribution in [0.25, 0.3) is 11.1 Å². The first-order valence-electron chi connectivity index (χ1n) is 11.7. The molecule has 0 fully saturated rings. The van der Waals surface area contributed by atoms with E-state index in [2.05, 4.69) is 14.8 Å². The molecule has 0 atom stereocenters. The van der Waals surface area contributed by atoms with Crippen molar-refractivity contribution in [1.82, 2.24) is 4.72 Å². The molecule has 0 aliphatic heterocycles. The van der Waals surface area contributed by atoms with Crippen LogP contribution in [0.3, 0.4) is 0 Å². The number of carbonyl (C=O) groups excluding carboxylic acids is 1. The number of carbonyl (C=O) groups is 1. The van der Waals surface area contributed by atoms with E-state index in [1.54, 1.807) is 18.2 Å². The van der Waals surface area contributed by atoms with Crippen molar-refractivity contribution < 1.29 is 40.2 Å².